The normalized spacial score (nSPS) is 55.3. The second-order valence-corrected chi connectivity index (χ2v) is 5.75. The maximum atomic E-state index is 9.73. The largest absolute Gasteiger partial charge is 0.396 e. The molecule has 14 heavy (non-hydrogen) atoms. The predicted octanol–water partition coefficient (Wildman–Crippen LogP) is 1.56. The molecule has 3 saturated carbocycles. The van der Waals surface area contributed by atoms with E-state index in [9.17, 15) is 10.2 Å². The van der Waals surface area contributed by atoms with E-state index in [1.165, 1.54) is 25.7 Å². The molecule has 0 saturated heterocycles. The van der Waals surface area contributed by atoms with Crippen molar-refractivity contribution in [1.82, 2.24) is 0 Å². The van der Waals surface area contributed by atoms with Crippen LogP contribution >= 0.6 is 0 Å². The number of aliphatic hydroxyl groups excluding tert-OH is 2. The third-order valence-electron chi connectivity index (χ3n) is 5.70. The quantitative estimate of drug-likeness (QED) is 0.703. The lowest BCUT2D eigenvalue weighted by Gasteiger charge is -2.46. The molecule has 0 aromatic rings. The lowest BCUT2D eigenvalue weighted by atomic mass is 9.60. The van der Waals surface area contributed by atoms with Crippen LogP contribution in [0.1, 0.15) is 38.5 Å². The van der Waals surface area contributed by atoms with Crippen LogP contribution in [0.25, 0.3) is 0 Å². The van der Waals surface area contributed by atoms with Crippen LogP contribution < -0.4 is 0 Å². The number of rotatable bonds is 2. The monoisotopic (exact) mass is 196 g/mol. The van der Waals surface area contributed by atoms with Gasteiger partial charge in [-0.05, 0) is 43.9 Å². The third kappa shape index (κ3) is 0.772. The van der Waals surface area contributed by atoms with E-state index in [0.717, 1.165) is 24.7 Å². The first-order valence-electron chi connectivity index (χ1n) is 6.00. The van der Waals surface area contributed by atoms with Crippen molar-refractivity contribution in [2.24, 2.45) is 22.7 Å². The van der Waals surface area contributed by atoms with E-state index in [2.05, 4.69) is 0 Å². The molecule has 2 nitrogen and oxygen atoms in total. The summed E-state index contributed by atoms with van der Waals surface area (Å²) >= 11 is 0. The smallest absolute Gasteiger partial charge is 0.0496 e. The summed E-state index contributed by atoms with van der Waals surface area (Å²) in [7, 11) is 0. The molecule has 3 aliphatic rings. The van der Waals surface area contributed by atoms with Gasteiger partial charge in [0.25, 0.3) is 0 Å². The highest BCUT2D eigenvalue weighted by Gasteiger charge is 2.67. The molecule has 0 aromatic heterocycles. The Hall–Kier alpha value is -0.0800. The van der Waals surface area contributed by atoms with Crippen LogP contribution in [0.2, 0.25) is 0 Å². The second kappa shape index (κ2) is 2.73. The fourth-order valence-electron chi connectivity index (χ4n) is 5.07. The highest BCUT2D eigenvalue weighted by atomic mass is 16.3. The van der Waals surface area contributed by atoms with Gasteiger partial charge in [0, 0.05) is 24.0 Å². The van der Waals surface area contributed by atoms with Crippen molar-refractivity contribution in [2.75, 3.05) is 13.2 Å². The van der Waals surface area contributed by atoms with Gasteiger partial charge < -0.3 is 10.2 Å². The molecule has 3 rings (SSSR count). The molecule has 0 radical (unpaired) electrons. The van der Waals surface area contributed by atoms with Gasteiger partial charge in [-0.3, -0.25) is 0 Å². The number of hydrogen-bond acceptors (Lipinski definition) is 2. The van der Waals surface area contributed by atoms with Crippen LogP contribution in [0.15, 0.2) is 0 Å². The van der Waals surface area contributed by atoms with Gasteiger partial charge in [-0.25, -0.2) is 0 Å². The molecule has 80 valence electrons. The Balaban J connectivity index is 2.04. The molecule has 0 spiro atoms. The Labute approximate surface area is 85.3 Å². The van der Waals surface area contributed by atoms with Gasteiger partial charge >= 0.3 is 0 Å². The minimum Gasteiger partial charge on any atom is -0.396 e. The number of aliphatic hydroxyl groups is 2. The second-order valence-electron chi connectivity index (χ2n) is 5.75. The topological polar surface area (TPSA) is 40.5 Å². The van der Waals surface area contributed by atoms with Crippen molar-refractivity contribution in [3.8, 4) is 0 Å². The minimum absolute atomic E-state index is 0.105. The van der Waals surface area contributed by atoms with Gasteiger partial charge in [-0.2, -0.15) is 0 Å². The molecule has 2 heteroatoms. The van der Waals surface area contributed by atoms with Gasteiger partial charge in [0.15, 0.2) is 0 Å². The Morgan fingerprint density at radius 2 is 1.93 bits per heavy atom. The van der Waals surface area contributed by atoms with Gasteiger partial charge in [0.05, 0.1) is 0 Å². The summed E-state index contributed by atoms with van der Waals surface area (Å²) in [6.07, 6.45) is 7.37. The SMILES string of the molecule is OC[C@@]12CC[C@@H](C1)[C@H]1CCC[C@]12CO. The Morgan fingerprint density at radius 1 is 1.07 bits per heavy atom. The summed E-state index contributed by atoms with van der Waals surface area (Å²) < 4.78 is 0. The molecule has 0 unspecified atom stereocenters. The van der Waals surface area contributed by atoms with Gasteiger partial charge in [0.1, 0.15) is 0 Å². The van der Waals surface area contributed by atoms with Crippen molar-refractivity contribution in [2.45, 2.75) is 38.5 Å². The van der Waals surface area contributed by atoms with Crippen molar-refractivity contribution < 1.29 is 10.2 Å². The van der Waals surface area contributed by atoms with Crippen LogP contribution in [-0.2, 0) is 0 Å². The first kappa shape index (κ1) is 9.17. The van der Waals surface area contributed by atoms with Crippen molar-refractivity contribution in [3.63, 3.8) is 0 Å². The average molecular weight is 196 g/mol. The zero-order chi connectivity index (χ0) is 9.81. The van der Waals surface area contributed by atoms with Crippen LogP contribution in [0.4, 0.5) is 0 Å². The molecular formula is C12H20O2. The molecule has 3 aliphatic carbocycles. The summed E-state index contributed by atoms with van der Waals surface area (Å²) in [6.45, 7) is 0.620. The van der Waals surface area contributed by atoms with E-state index in [1.54, 1.807) is 0 Å². The van der Waals surface area contributed by atoms with Gasteiger partial charge in [-0.1, -0.05) is 6.42 Å². The summed E-state index contributed by atoms with van der Waals surface area (Å²) in [4.78, 5) is 0. The number of fused-ring (bicyclic) bond motifs is 5. The predicted molar refractivity (Wildman–Crippen MR) is 53.7 cm³/mol. The summed E-state index contributed by atoms with van der Waals surface area (Å²) in [5.74, 6) is 1.55. The molecule has 0 aromatic carbocycles. The van der Waals surface area contributed by atoms with E-state index in [-0.39, 0.29) is 10.8 Å². The van der Waals surface area contributed by atoms with Gasteiger partial charge in [0.2, 0.25) is 0 Å². The van der Waals surface area contributed by atoms with Crippen LogP contribution in [0.5, 0.6) is 0 Å². The van der Waals surface area contributed by atoms with Crippen LogP contribution in [0.3, 0.4) is 0 Å². The Bertz CT molecular complexity index is 253. The summed E-state index contributed by atoms with van der Waals surface area (Å²) in [5, 5.41) is 19.4. The highest BCUT2D eigenvalue weighted by Crippen LogP contribution is 2.72. The van der Waals surface area contributed by atoms with Crippen LogP contribution in [-0.4, -0.2) is 23.4 Å². The molecule has 2 N–H and O–H groups in total. The van der Waals surface area contributed by atoms with E-state index in [1.807, 2.05) is 0 Å². The lowest BCUT2D eigenvalue weighted by molar-refractivity contribution is -0.0597. The zero-order valence-electron chi connectivity index (χ0n) is 8.71. The molecule has 2 bridgehead atoms. The van der Waals surface area contributed by atoms with E-state index < -0.39 is 0 Å². The molecule has 4 atom stereocenters. The molecule has 3 fully saturated rings. The van der Waals surface area contributed by atoms with Crippen LogP contribution in [0, 0.1) is 22.7 Å². The average Bonchev–Trinajstić information content (AvgIpc) is 2.88. The first-order chi connectivity index (χ1) is 6.78. The Kier molecular flexibility index (Phi) is 1.79. The third-order valence-corrected chi connectivity index (χ3v) is 5.70. The fourth-order valence-corrected chi connectivity index (χ4v) is 5.07. The zero-order valence-corrected chi connectivity index (χ0v) is 8.71. The molecule has 0 amide bonds. The van der Waals surface area contributed by atoms with E-state index in [0.29, 0.717) is 13.2 Å². The fraction of sp³-hybridized carbons (Fsp3) is 1.00. The minimum atomic E-state index is 0.105. The lowest BCUT2D eigenvalue weighted by Crippen LogP contribution is -2.45. The van der Waals surface area contributed by atoms with E-state index in [4.69, 9.17) is 0 Å². The maximum absolute atomic E-state index is 9.73. The maximum Gasteiger partial charge on any atom is 0.0496 e. The standard InChI is InChI=1S/C12H20O2/c13-7-11-5-3-9(6-11)10-2-1-4-12(10,11)8-14/h9-10,13-14H,1-8H2/t9-,10+,11+,12-/m0/s1. The van der Waals surface area contributed by atoms with Gasteiger partial charge in [-0.15, -0.1) is 0 Å². The molecule has 0 heterocycles. The highest BCUT2D eigenvalue weighted by molar-refractivity contribution is 5.16. The summed E-state index contributed by atoms with van der Waals surface area (Å²) in [6, 6.07) is 0. The summed E-state index contributed by atoms with van der Waals surface area (Å²) in [5.41, 5.74) is 0.220. The first-order valence-corrected chi connectivity index (χ1v) is 6.00. The van der Waals surface area contributed by atoms with Crippen molar-refractivity contribution >= 4 is 0 Å². The molecule has 0 aliphatic heterocycles. The Morgan fingerprint density at radius 3 is 2.64 bits per heavy atom. The molecular weight excluding hydrogens is 176 g/mol. The van der Waals surface area contributed by atoms with E-state index >= 15 is 0 Å². The van der Waals surface area contributed by atoms with Crippen molar-refractivity contribution in [3.05, 3.63) is 0 Å². The number of hydrogen-bond donors (Lipinski definition) is 2. The van der Waals surface area contributed by atoms with Crippen molar-refractivity contribution in [1.29, 1.82) is 0 Å².